The summed E-state index contributed by atoms with van der Waals surface area (Å²) >= 11 is 1.36. The van der Waals surface area contributed by atoms with Crippen molar-refractivity contribution in [1.82, 2.24) is 19.9 Å². The molecule has 4 rings (SSSR count). The molecule has 0 unspecified atom stereocenters. The number of aromatic amines is 1. The van der Waals surface area contributed by atoms with E-state index in [4.69, 9.17) is 0 Å². The van der Waals surface area contributed by atoms with Crippen LogP contribution in [-0.4, -0.2) is 25.8 Å². The number of nitrogens with zero attached hydrogens (tertiary/aromatic N) is 3. The molecule has 3 heterocycles. The summed E-state index contributed by atoms with van der Waals surface area (Å²) in [6.45, 7) is 0. The van der Waals surface area contributed by atoms with Gasteiger partial charge in [-0.15, -0.1) is 11.3 Å². The second kappa shape index (κ2) is 6.66. The van der Waals surface area contributed by atoms with Crippen molar-refractivity contribution in [3.05, 3.63) is 72.0 Å². The van der Waals surface area contributed by atoms with Crippen molar-refractivity contribution >= 4 is 22.4 Å². The van der Waals surface area contributed by atoms with Crippen molar-refractivity contribution < 1.29 is 4.79 Å². The third kappa shape index (κ3) is 3.17. The number of thiazole rings is 1. The first-order chi connectivity index (χ1) is 12.3. The fourth-order valence-electron chi connectivity index (χ4n) is 2.40. The van der Waals surface area contributed by atoms with Crippen LogP contribution in [-0.2, 0) is 0 Å². The van der Waals surface area contributed by atoms with Crippen LogP contribution in [0.25, 0.3) is 22.8 Å². The Kier molecular flexibility index (Phi) is 4.05. The zero-order chi connectivity index (χ0) is 17.1. The zero-order valence-corrected chi connectivity index (χ0v) is 13.8. The normalized spacial score (nSPS) is 10.6. The van der Waals surface area contributed by atoms with Crippen LogP contribution in [0.2, 0.25) is 0 Å². The summed E-state index contributed by atoms with van der Waals surface area (Å²) in [6, 6.07) is 15.2. The molecule has 1 amide bonds. The number of carbonyl (C=O) groups is 1. The molecule has 6 nitrogen and oxygen atoms in total. The number of benzene rings is 1. The Morgan fingerprint density at radius 3 is 2.56 bits per heavy atom. The first-order valence-electron chi connectivity index (χ1n) is 7.59. The van der Waals surface area contributed by atoms with Crippen molar-refractivity contribution in [2.75, 3.05) is 5.32 Å². The van der Waals surface area contributed by atoms with Gasteiger partial charge in [0, 0.05) is 23.3 Å². The number of hydrogen-bond acceptors (Lipinski definition) is 5. The van der Waals surface area contributed by atoms with E-state index >= 15 is 0 Å². The topological polar surface area (TPSA) is 83.6 Å². The van der Waals surface area contributed by atoms with Crippen LogP contribution in [0.5, 0.6) is 0 Å². The third-order valence-corrected chi connectivity index (χ3v) is 4.23. The summed E-state index contributed by atoms with van der Waals surface area (Å²) in [7, 11) is 0. The van der Waals surface area contributed by atoms with Crippen molar-refractivity contribution in [3.8, 4) is 22.8 Å². The summed E-state index contributed by atoms with van der Waals surface area (Å²) in [6.07, 6.45) is 3.32. The molecule has 0 aliphatic heterocycles. The fourth-order valence-corrected chi connectivity index (χ4v) is 2.93. The highest BCUT2D eigenvalue weighted by Crippen LogP contribution is 2.25. The van der Waals surface area contributed by atoms with Gasteiger partial charge in [0.15, 0.2) is 5.13 Å². The minimum absolute atomic E-state index is 0.301. The predicted octanol–water partition coefficient (Wildman–Crippen LogP) is 3.85. The fraction of sp³-hybridized carbons (Fsp3) is 0. The van der Waals surface area contributed by atoms with Crippen LogP contribution in [0, 0.1) is 0 Å². The minimum Gasteiger partial charge on any atom is -0.333 e. The van der Waals surface area contributed by atoms with E-state index in [0.29, 0.717) is 28.0 Å². The number of rotatable bonds is 4. The summed E-state index contributed by atoms with van der Waals surface area (Å²) in [5.41, 5.74) is 2.39. The maximum Gasteiger partial charge on any atom is 0.276 e. The van der Waals surface area contributed by atoms with Crippen molar-refractivity contribution in [1.29, 1.82) is 0 Å². The van der Waals surface area contributed by atoms with E-state index < -0.39 is 0 Å². The Hall–Kier alpha value is -3.32. The predicted molar refractivity (Wildman–Crippen MR) is 97.3 cm³/mol. The van der Waals surface area contributed by atoms with Crippen LogP contribution in [0.4, 0.5) is 5.13 Å². The lowest BCUT2D eigenvalue weighted by Crippen LogP contribution is -2.13. The number of imidazole rings is 1. The van der Waals surface area contributed by atoms with Gasteiger partial charge in [0.25, 0.3) is 5.91 Å². The molecular weight excluding hydrogens is 334 g/mol. The molecule has 0 bridgehead atoms. The molecule has 0 spiro atoms. The molecule has 2 N–H and O–H groups in total. The van der Waals surface area contributed by atoms with E-state index in [1.807, 2.05) is 48.5 Å². The van der Waals surface area contributed by atoms with Gasteiger partial charge in [0.05, 0.1) is 5.69 Å². The third-order valence-electron chi connectivity index (χ3n) is 3.54. The average Bonchev–Trinajstić information content (AvgIpc) is 3.33. The molecule has 0 aliphatic carbocycles. The Morgan fingerprint density at radius 1 is 1.00 bits per heavy atom. The van der Waals surface area contributed by atoms with Crippen molar-refractivity contribution in [3.63, 3.8) is 0 Å². The van der Waals surface area contributed by atoms with Crippen LogP contribution in [0.15, 0.2) is 66.3 Å². The number of amides is 1. The van der Waals surface area contributed by atoms with Gasteiger partial charge >= 0.3 is 0 Å². The summed E-state index contributed by atoms with van der Waals surface area (Å²) in [5.74, 6) is 0.316. The maximum atomic E-state index is 12.7. The maximum absolute atomic E-state index is 12.7. The molecule has 0 radical (unpaired) electrons. The van der Waals surface area contributed by atoms with E-state index in [9.17, 15) is 4.79 Å². The lowest BCUT2D eigenvalue weighted by Gasteiger charge is -2.02. The number of aromatic nitrogens is 4. The molecule has 0 aliphatic rings. The lowest BCUT2D eigenvalue weighted by molar-refractivity contribution is 0.102. The number of carbonyl (C=O) groups excluding carboxylic acids is 1. The van der Waals surface area contributed by atoms with E-state index in [0.717, 1.165) is 5.56 Å². The molecule has 0 saturated heterocycles. The molecule has 122 valence electrons. The zero-order valence-electron chi connectivity index (χ0n) is 13.0. The Bertz CT molecular complexity index is 981. The van der Waals surface area contributed by atoms with Gasteiger partial charge in [0.2, 0.25) is 0 Å². The van der Waals surface area contributed by atoms with E-state index in [2.05, 4.69) is 25.3 Å². The number of anilines is 1. The lowest BCUT2D eigenvalue weighted by atomic mass is 10.2. The molecule has 4 aromatic rings. The summed E-state index contributed by atoms with van der Waals surface area (Å²) < 4.78 is 0. The van der Waals surface area contributed by atoms with Gasteiger partial charge < -0.3 is 4.98 Å². The van der Waals surface area contributed by atoms with Gasteiger partial charge in [-0.2, -0.15) is 0 Å². The van der Waals surface area contributed by atoms with E-state index in [1.54, 1.807) is 17.8 Å². The van der Waals surface area contributed by atoms with Gasteiger partial charge in [-0.1, -0.05) is 36.4 Å². The number of pyridine rings is 1. The first kappa shape index (κ1) is 15.2. The minimum atomic E-state index is -0.301. The number of nitrogens with one attached hydrogen (secondary N) is 2. The molecule has 25 heavy (non-hydrogen) atoms. The SMILES string of the molecule is O=C(Nc1nccs1)c1[nH]c(-c2ccccc2)nc1-c1ccccn1. The van der Waals surface area contributed by atoms with Gasteiger partial charge in [-0.3, -0.25) is 15.1 Å². The quantitative estimate of drug-likeness (QED) is 0.587. The molecule has 0 fully saturated rings. The van der Waals surface area contributed by atoms with Crippen molar-refractivity contribution in [2.45, 2.75) is 0 Å². The second-order valence-electron chi connectivity index (χ2n) is 5.18. The number of H-pyrrole nitrogens is 1. The Balaban J connectivity index is 1.78. The molecule has 3 aromatic heterocycles. The first-order valence-corrected chi connectivity index (χ1v) is 8.47. The van der Waals surface area contributed by atoms with Crippen molar-refractivity contribution in [2.24, 2.45) is 0 Å². The molecule has 7 heteroatoms. The Labute approximate surface area is 147 Å². The largest absolute Gasteiger partial charge is 0.333 e. The number of hydrogen-bond donors (Lipinski definition) is 2. The highest BCUT2D eigenvalue weighted by Gasteiger charge is 2.20. The second-order valence-corrected chi connectivity index (χ2v) is 6.08. The summed E-state index contributed by atoms with van der Waals surface area (Å²) in [4.78, 5) is 28.8. The van der Waals surface area contributed by atoms with E-state index in [-0.39, 0.29) is 5.91 Å². The smallest absolute Gasteiger partial charge is 0.276 e. The van der Waals surface area contributed by atoms with E-state index in [1.165, 1.54) is 11.3 Å². The molecule has 0 atom stereocenters. The standard InChI is InChI=1S/C18H13N5OS/c24-17(23-18-20-10-11-25-18)15-14(13-8-4-5-9-19-13)21-16(22-15)12-6-2-1-3-7-12/h1-11H,(H,21,22)(H,20,23,24). The highest BCUT2D eigenvalue weighted by atomic mass is 32.1. The Morgan fingerprint density at radius 2 is 1.84 bits per heavy atom. The van der Waals surface area contributed by atoms with Gasteiger partial charge in [-0.05, 0) is 12.1 Å². The average molecular weight is 347 g/mol. The van der Waals surface area contributed by atoms with Gasteiger partial charge in [-0.25, -0.2) is 9.97 Å². The molecule has 1 aromatic carbocycles. The van der Waals surface area contributed by atoms with Crippen LogP contribution >= 0.6 is 11.3 Å². The molecule has 0 saturated carbocycles. The van der Waals surface area contributed by atoms with Crippen LogP contribution in [0.1, 0.15) is 10.5 Å². The highest BCUT2D eigenvalue weighted by molar-refractivity contribution is 7.13. The summed E-state index contributed by atoms with van der Waals surface area (Å²) in [5, 5.41) is 5.12. The van der Waals surface area contributed by atoms with Gasteiger partial charge in [0.1, 0.15) is 17.2 Å². The van der Waals surface area contributed by atoms with Crippen LogP contribution in [0.3, 0.4) is 0 Å². The van der Waals surface area contributed by atoms with Crippen LogP contribution < -0.4 is 5.32 Å². The molecular formula is C18H13N5OS. The monoisotopic (exact) mass is 347 g/mol.